The molecule has 9 heteroatoms. The molecule has 124 valence electrons. The topological polar surface area (TPSA) is 62.1 Å². The smallest absolute Gasteiger partial charge is 0.435 e. The molecule has 0 N–H and O–H groups in total. The second kappa shape index (κ2) is 5.45. The van der Waals surface area contributed by atoms with Crippen molar-refractivity contribution in [1.82, 2.24) is 19.5 Å². The van der Waals surface area contributed by atoms with Crippen molar-refractivity contribution in [2.75, 3.05) is 6.61 Å². The first-order chi connectivity index (χ1) is 11.5. The molecular weight excluding hydrogens is 325 g/mol. The summed E-state index contributed by atoms with van der Waals surface area (Å²) in [6.45, 7) is 0.268. The fourth-order valence-corrected chi connectivity index (χ4v) is 2.62. The molecule has 3 aromatic rings. The Balaban J connectivity index is 1.75. The van der Waals surface area contributed by atoms with Gasteiger partial charge < -0.3 is 9.47 Å². The second-order valence-corrected chi connectivity index (χ2v) is 5.23. The van der Waals surface area contributed by atoms with Crippen LogP contribution in [0.15, 0.2) is 36.9 Å². The van der Waals surface area contributed by atoms with Crippen LogP contribution in [0.1, 0.15) is 17.5 Å². The number of fused-ring (bicyclic) bond motifs is 2. The predicted molar refractivity (Wildman–Crippen MR) is 76.1 cm³/mol. The zero-order chi connectivity index (χ0) is 16.7. The molecule has 0 radical (unpaired) electrons. The van der Waals surface area contributed by atoms with Crippen molar-refractivity contribution >= 4 is 11.2 Å². The van der Waals surface area contributed by atoms with Gasteiger partial charge >= 0.3 is 6.18 Å². The van der Waals surface area contributed by atoms with Crippen LogP contribution >= 0.6 is 0 Å². The van der Waals surface area contributed by atoms with Gasteiger partial charge in [-0.3, -0.25) is 4.57 Å². The molecule has 0 saturated carbocycles. The molecule has 1 aliphatic rings. The normalized spacial score (nSPS) is 18.0. The Bertz CT molecular complexity index is 867. The molecule has 3 heterocycles. The average Bonchev–Trinajstić information content (AvgIpc) is 2.87. The van der Waals surface area contributed by atoms with Crippen LogP contribution in [0.3, 0.4) is 0 Å². The van der Waals surface area contributed by atoms with Gasteiger partial charge in [-0.15, -0.1) is 0 Å². The zero-order valence-electron chi connectivity index (χ0n) is 12.2. The Hall–Kier alpha value is -2.68. The zero-order valence-corrected chi connectivity index (χ0v) is 12.2. The Kier molecular flexibility index (Phi) is 3.38. The maximum atomic E-state index is 13.2. The summed E-state index contributed by atoms with van der Waals surface area (Å²) in [5.41, 5.74) is -0.473. The maximum absolute atomic E-state index is 13.2. The quantitative estimate of drug-likeness (QED) is 0.684. The van der Waals surface area contributed by atoms with Crippen LogP contribution in [0.25, 0.3) is 11.2 Å². The Morgan fingerprint density at radius 2 is 1.96 bits per heavy atom. The first kappa shape index (κ1) is 14.9. The molecule has 6 nitrogen and oxygen atoms in total. The number of hydrogen-bond donors (Lipinski definition) is 0. The number of aromatic nitrogens is 4. The van der Waals surface area contributed by atoms with E-state index in [1.165, 1.54) is 10.9 Å². The molecule has 1 aromatic carbocycles. The van der Waals surface area contributed by atoms with Gasteiger partial charge in [-0.05, 0) is 6.07 Å². The molecule has 0 aliphatic carbocycles. The molecule has 0 amide bonds. The number of alkyl halides is 3. The highest BCUT2D eigenvalue weighted by Crippen LogP contribution is 2.34. The summed E-state index contributed by atoms with van der Waals surface area (Å²) in [6, 6.07) is 7.29. The van der Waals surface area contributed by atoms with E-state index in [0.29, 0.717) is 5.75 Å². The van der Waals surface area contributed by atoms with E-state index in [0.717, 1.165) is 11.9 Å². The molecule has 0 fully saturated rings. The molecule has 0 saturated heterocycles. The fraction of sp³-hybridized carbons (Fsp3) is 0.267. The molecule has 1 unspecified atom stereocenters. The number of imidazole rings is 1. The lowest BCUT2D eigenvalue weighted by Crippen LogP contribution is -2.20. The molecule has 4 rings (SSSR count). The first-order valence-electron chi connectivity index (χ1n) is 7.11. The van der Waals surface area contributed by atoms with Gasteiger partial charge in [0.25, 0.3) is 0 Å². The Morgan fingerprint density at radius 3 is 2.79 bits per heavy atom. The van der Waals surface area contributed by atoms with Crippen molar-refractivity contribution in [3.63, 3.8) is 0 Å². The fourth-order valence-electron chi connectivity index (χ4n) is 2.62. The number of rotatable bonds is 1. The van der Waals surface area contributed by atoms with Gasteiger partial charge in [0.05, 0.1) is 12.9 Å². The van der Waals surface area contributed by atoms with Gasteiger partial charge in [0.1, 0.15) is 24.2 Å². The summed E-state index contributed by atoms with van der Waals surface area (Å²) in [5.74, 6) is 0.650. The first-order valence-corrected chi connectivity index (χ1v) is 7.11. The van der Waals surface area contributed by atoms with E-state index < -0.39 is 18.1 Å². The summed E-state index contributed by atoms with van der Waals surface area (Å²) >= 11 is 0. The van der Waals surface area contributed by atoms with Crippen LogP contribution < -0.4 is 4.74 Å². The molecule has 0 bridgehead atoms. The van der Waals surface area contributed by atoms with Gasteiger partial charge in [0.2, 0.25) is 0 Å². The van der Waals surface area contributed by atoms with Gasteiger partial charge in [-0.2, -0.15) is 13.2 Å². The van der Waals surface area contributed by atoms with Crippen LogP contribution in [0, 0.1) is 0 Å². The number of para-hydroxylation sites is 1. The van der Waals surface area contributed by atoms with Gasteiger partial charge in [-0.25, -0.2) is 15.0 Å². The SMILES string of the molecule is FC(F)(F)c1ncnc2ncn(C3COc4ccccc4CO3)c12. The van der Waals surface area contributed by atoms with Crippen LogP contribution in [-0.4, -0.2) is 26.1 Å². The summed E-state index contributed by atoms with van der Waals surface area (Å²) in [6.07, 6.45) is -3.27. The minimum absolute atomic E-state index is 0.0392. The maximum Gasteiger partial charge on any atom is 0.435 e. The van der Waals surface area contributed by atoms with E-state index in [2.05, 4.69) is 15.0 Å². The van der Waals surface area contributed by atoms with Crippen molar-refractivity contribution in [2.24, 2.45) is 0 Å². The lowest BCUT2D eigenvalue weighted by molar-refractivity contribution is -0.140. The highest BCUT2D eigenvalue weighted by atomic mass is 19.4. The minimum atomic E-state index is -4.62. The van der Waals surface area contributed by atoms with E-state index in [1.807, 2.05) is 18.2 Å². The molecule has 24 heavy (non-hydrogen) atoms. The number of benzene rings is 1. The van der Waals surface area contributed by atoms with Gasteiger partial charge in [-0.1, -0.05) is 18.2 Å². The molecule has 1 atom stereocenters. The van der Waals surface area contributed by atoms with Crippen molar-refractivity contribution < 1.29 is 22.6 Å². The third kappa shape index (κ3) is 2.46. The van der Waals surface area contributed by atoms with E-state index in [-0.39, 0.29) is 24.4 Å². The summed E-state index contributed by atoms with van der Waals surface area (Å²) in [5, 5.41) is 0. The second-order valence-electron chi connectivity index (χ2n) is 5.23. The van der Waals surface area contributed by atoms with E-state index in [9.17, 15) is 13.2 Å². The van der Waals surface area contributed by atoms with Gasteiger partial charge in [0, 0.05) is 5.56 Å². The third-order valence-electron chi connectivity index (χ3n) is 3.73. The van der Waals surface area contributed by atoms with E-state index >= 15 is 0 Å². The van der Waals surface area contributed by atoms with Crippen LogP contribution in [0.2, 0.25) is 0 Å². The Labute approximate surface area is 133 Å². The summed E-state index contributed by atoms with van der Waals surface area (Å²) in [4.78, 5) is 11.1. The third-order valence-corrected chi connectivity index (χ3v) is 3.73. The average molecular weight is 336 g/mol. The number of hydrogen-bond acceptors (Lipinski definition) is 5. The van der Waals surface area contributed by atoms with Crippen LogP contribution in [-0.2, 0) is 17.5 Å². The molecular formula is C15H11F3N4O2. The van der Waals surface area contributed by atoms with Crippen molar-refractivity contribution in [2.45, 2.75) is 19.0 Å². The highest BCUT2D eigenvalue weighted by Gasteiger charge is 2.37. The number of ether oxygens (including phenoxy) is 2. The number of halogens is 3. The minimum Gasteiger partial charge on any atom is -0.488 e. The van der Waals surface area contributed by atoms with Crippen LogP contribution in [0.4, 0.5) is 13.2 Å². The van der Waals surface area contributed by atoms with Crippen molar-refractivity contribution in [3.8, 4) is 5.75 Å². The van der Waals surface area contributed by atoms with E-state index in [4.69, 9.17) is 9.47 Å². The predicted octanol–water partition coefficient (Wildman–Crippen LogP) is 2.95. The number of nitrogens with zero attached hydrogens (tertiary/aromatic N) is 4. The molecule has 2 aromatic heterocycles. The monoisotopic (exact) mass is 336 g/mol. The van der Waals surface area contributed by atoms with Gasteiger partial charge in [0.15, 0.2) is 17.6 Å². The largest absolute Gasteiger partial charge is 0.488 e. The van der Waals surface area contributed by atoms with Crippen LogP contribution in [0.5, 0.6) is 5.75 Å². The van der Waals surface area contributed by atoms with E-state index in [1.54, 1.807) is 6.07 Å². The highest BCUT2D eigenvalue weighted by molar-refractivity contribution is 5.74. The lowest BCUT2D eigenvalue weighted by atomic mass is 10.2. The lowest BCUT2D eigenvalue weighted by Gasteiger charge is -2.18. The molecule has 1 aliphatic heterocycles. The van der Waals surface area contributed by atoms with Crippen molar-refractivity contribution in [3.05, 3.63) is 48.2 Å². The van der Waals surface area contributed by atoms with Crippen molar-refractivity contribution in [1.29, 1.82) is 0 Å². The summed E-state index contributed by atoms with van der Waals surface area (Å²) in [7, 11) is 0. The molecule has 0 spiro atoms. The standard InChI is InChI=1S/C15H11F3N4O2/c16-15(17,18)13-12-14(20-7-19-13)21-8-22(12)11-6-23-10-4-2-1-3-9(10)5-24-11/h1-4,7-8,11H,5-6H2. The Morgan fingerprint density at radius 1 is 1.12 bits per heavy atom. The summed E-state index contributed by atoms with van der Waals surface area (Å²) < 4.78 is 52.4.